The van der Waals surface area contributed by atoms with Crippen LogP contribution < -0.4 is 5.32 Å². The zero-order valence-corrected chi connectivity index (χ0v) is 12.2. The van der Waals surface area contributed by atoms with E-state index in [4.69, 9.17) is 5.26 Å². The number of amides is 1. The summed E-state index contributed by atoms with van der Waals surface area (Å²) in [4.78, 5) is 11.9. The standard InChI is InChI=1S/C15H9BrF2N2O/c16-10-5-4-9(8-19)14(6-10)20-15(21)7-11-12(17)2-1-3-13(11)18/h1-6H,7H2,(H,20,21). The van der Waals surface area contributed by atoms with Crippen molar-refractivity contribution in [1.29, 1.82) is 5.26 Å². The fourth-order valence-electron chi connectivity index (χ4n) is 1.77. The van der Waals surface area contributed by atoms with Gasteiger partial charge in [-0.05, 0) is 30.3 Å². The van der Waals surface area contributed by atoms with Crippen LogP contribution in [0.15, 0.2) is 40.9 Å². The zero-order valence-electron chi connectivity index (χ0n) is 10.7. The lowest BCUT2D eigenvalue weighted by atomic mass is 10.1. The van der Waals surface area contributed by atoms with Gasteiger partial charge in [-0.2, -0.15) is 5.26 Å². The predicted octanol–water partition coefficient (Wildman–Crippen LogP) is 3.78. The lowest BCUT2D eigenvalue weighted by molar-refractivity contribution is -0.115. The number of nitrogens with zero attached hydrogens (tertiary/aromatic N) is 1. The number of benzene rings is 2. The molecule has 1 N–H and O–H groups in total. The van der Waals surface area contributed by atoms with Gasteiger partial charge in [-0.15, -0.1) is 0 Å². The Labute approximate surface area is 128 Å². The average molecular weight is 351 g/mol. The molecular weight excluding hydrogens is 342 g/mol. The van der Waals surface area contributed by atoms with E-state index >= 15 is 0 Å². The Balaban J connectivity index is 2.20. The van der Waals surface area contributed by atoms with Crippen molar-refractivity contribution in [3.63, 3.8) is 0 Å². The molecule has 2 aromatic carbocycles. The highest BCUT2D eigenvalue weighted by molar-refractivity contribution is 9.10. The number of carbonyl (C=O) groups is 1. The van der Waals surface area contributed by atoms with Crippen molar-refractivity contribution in [2.24, 2.45) is 0 Å². The molecule has 0 bridgehead atoms. The molecule has 0 saturated carbocycles. The van der Waals surface area contributed by atoms with Crippen molar-refractivity contribution in [1.82, 2.24) is 0 Å². The molecule has 0 aromatic heterocycles. The summed E-state index contributed by atoms with van der Waals surface area (Å²) in [6, 6.07) is 10.1. The SMILES string of the molecule is N#Cc1ccc(Br)cc1NC(=O)Cc1c(F)cccc1F. The van der Waals surface area contributed by atoms with E-state index in [0.29, 0.717) is 4.47 Å². The second-order valence-electron chi connectivity index (χ2n) is 4.23. The highest BCUT2D eigenvalue weighted by Gasteiger charge is 2.14. The van der Waals surface area contributed by atoms with Crippen LogP contribution >= 0.6 is 15.9 Å². The molecule has 0 radical (unpaired) electrons. The molecule has 6 heteroatoms. The minimum absolute atomic E-state index is 0.264. The van der Waals surface area contributed by atoms with Crippen LogP contribution in [-0.2, 0) is 11.2 Å². The van der Waals surface area contributed by atoms with Crippen LogP contribution in [0.4, 0.5) is 14.5 Å². The summed E-state index contributed by atoms with van der Waals surface area (Å²) < 4.78 is 27.6. The number of hydrogen-bond donors (Lipinski definition) is 1. The summed E-state index contributed by atoms with van der Waals surface area (Å²) in [5.41, 5.74) is 0.248. The minimum atomic E-state index is -0.778. The normalized spacial score (nSPS) is 10.0. The topological polar surface area (TPSA) is 52.9 Å². The number of rotatable bonds is 3. The maximum Gasteiger partial charge on any atom is 0.229 e. The lowest BCUT2D eigenvalue weighted by Gasteiger charge is -2.08. The van der Waals surface area contributed by atoms with Crippen molar-refractivity contribution in [3.05, 3.63) is 63.6 Å². The van der Waals surface area contributed by atoms with E-state index < -0.39 is 24.0 Å². The highest BCUT2D eigenvalue weighted by Crippen LogP contribution is 2.21. The molecule has 0 atom stereocenters. The summed E-state index contributed by atoms with van der Waals surface area (Å²) in [5.74, 6) is -2.16. The smallest absolute Gasteiger partial charge is 0.229 e. The summed E-state index contributed by atoms with van der Waals surface area (Å²) in [7, 11) is 0. The van der Waals surface area contributed by atoms with Crippen molar-refractivity contribution in [3.8, 4) is 6.07 Å². The first-order valence-electron chi connectivity index (χ1n) is 5.93. The van der Waals surface area contributed by atoms with Crippen LogP contribution in [0.1, 0.15) is 11.1 Å². The predicted molar refractivity (Wildman–Crippen MR) is 77.5 cm³/mol. The Kier molecular flexibility index (Phi) is 4.66. The van der Waals surface area contributed by atoms with Crippen LogP contribution in [0.2, 0.25) is 0 Å². The number of carbonyl (C=O) groups excluding carboxylic acids is 1. The van der Waals surface area contributed by atoms with Gasteiger partial charge < -0.3 is 5.32 Å². The van der Waals surface area contributed by atoms with Crippen LogP contribution in [-0.4, -0.2) is 5.91 Å². The lowest BCUT2D eigenvalue weighted by Crippen LogP contribution is -2.17. The van der Waals surface area contributed by atoms with Crippen molar-refractivity contribution >= 4 is 27.5 Å². The van der Waals surface area contributed by atoms with Crippen molar-refractivity contribution < 1.29 is 13.6 Å². The molecule has 2 rings (SSSR count). The van der Waals surface area contributed by atoms with Gasteiger partial charge >= 0.3 is 0 Å². The molecule has 3 nitrogen and oxygen atoms in total. The van der Waals surface area contributed by atoms with Gasteiger partial charge in [-0.1, -0.05) is 22.0 Å². The first-order chi connectivity index (χ1) is 10.0. The molecule has 21 heavy (non-hydrogen) atoms. The van der Waals surface area contributed by atoms with E-state index in [1.807, 2.05) is 6.07 Å². The molecule has 0 fully saturated rings. The second kappa shape index (κ2) is 6.46. The van der Waals surface area contributed by atoms with E-state index in [1.54, 1.807) is 12.1 Å². The second-order valence-corrected chi connectivity index (χ2v) is 5.14. The van der Waals surface area contributed by atoms with E-state index in [1.165, 1.54) is 12.1 Å². The van der Waals surface area contributed by atoms with Crippen LogP contribution in [0, 0.1) is 23.0 Å². The number of hydrogen-bond acceptors (Lipinski definition) is 2. The molecule has 0 aliphatic carbocycles. The Morgan fingerprint density at radius 1 is 1.24 bits per heavy atom. The summed E-state index contributed by atoms with van der Waals surface area (Å²) in [6.45, 7) is 0. The Bertz CT molecular complexity index is 721. The molecule has 0 spiro atoms. The summed E-state index contributed by atoms with van der Waals surface area (Å²) in [6.07, 6.45) is -0.449. The van der Waals surface area contributed by atoms with Gasteiger partial charge in [0, 0.05) is 10.0 Å². The maximum absolute atomic E-state index is 13.5. The Hall–Kier alpha value is -2.26. The quantitative estimate of drug-likeness (QED) is 0.915. The molecule has 0 heterocycles. The summed E-state index contributed by atoms with van der Waals surface area (Å²) in [5, 5.41) is 11.4. The molecule has 0 aliphatic rings. The largest absolute Gasteiger partial charge is 0.325 e. The van der Waals surface area contributed by atoms with Crippen LogP contribution in [0.25, 0.3) is 0 Å². The summed E-state index contributed by atoms with van der Waals surface area (Å²) >= 11 is 3.22. The van der Waals surface area contributed by atoms with Gasteiger partial charge in [0.15, 0.2) is 0 Å². The number of nitriles is 1. The molecule has 0 saturated heterocycles. The Morgan fingerprint density at radius 3 is 2.52 bits per heavy atom. The zero-order chi connectivity index (χ0) is 15.4. The first-order valence-corrected chi connectivity index (χ1v) is 6.73. The van der Waals surface area contributed by atoms with Crippen molar-refractivity contribution in [2.75, 3.05) is 5.32 Å². The molecule has 1 amide bonds. The molecule has 0 unspecified atom stereocenters. The molecule has 2 aromatic rings. The van der Waals surface area contributed by atoms with E-state index in [-0.39, 0.29) is 16.8 Å². The van der Waals surface area contributed by atoms with Gasteiger partial charge in [0.2, 0.25) is 5.91 Å². The highest BCUT2D eigenvalue weighted by atomic mass is 79.9. The minimum Gasteiger partial charge on any atom is -0.325 e. The third kappa shape index (κ3) is 3.64. The first kappa shape index (κ1) is 15.1. The fourth-order valence-corrected chi connectivity index (χ4v) is 2.13. The van der Waals surface area contributed by atoms with Crippen LogP contribution in [0.3, 0.4) is 0 Å². The third-order valence-electron chi connectivity index (χ3n) is 2.78. The van der Waals surface area contributed by atoms with Gasteiger partial charge in [-0.25, -0.2) is 8.78 Å². The fraction of sp³-hybridized carbons (Fsp3) is 0.0667. The van der Waals surface area contributed by atoms with Gasteiger partial charge in [-0.3, -0.25) is 4.79 Å². The molecule has 106 valence electrons. The van der Waals surface area contributed by atoms with Crippen LogP contribution in [0.5, 0.6) is 0 Å². The van der Waals surface area contributed by atoms with E-state index in [9.17, 15) is 13.6 Å². The van der Waals surface area contributed by atoms with Gasteiger partial charge in [0.1, 0.15) is 17.7 Å². The average Bonchev–Trinajstić information content (AvgIpc) is 2.43. The molecular formula is C15H9BrF2N2O. The number of halogens is 3. The number of nitrogens with one attached hydrogen (secondary N) is 1. The maximum atomic E-state index is 13.5. The Morgan fingerprint density at radius 2 is 1.90 bits per heavy atom. The monoisotopic (exact) mass is 350 g/mol. The van der Waals surface area contributed by atoms with Gasteiger partial charge in [0.25, 0.3) is 0 Å². The van der Waals surface area contributed by atoms with Crippen molar-refractivity contribution in [2.45, 2.75) is 6.42 Å². The third-order valence-corrected chi connectivity index (χ3v) is 3.27. The molecule has 0 aliphatic heterocycles. The number of anilines is 1. The van der Waals surface area contributed by atoms with Gasteiger partial charge in [0.05, 0.1) is 17.7 Å². The van der Waals surface area contributed by atoms with E-state index in [0.717, 1.165) is 12.1 Å². The van der Waals surface area contributed by atoms with E-state index in [2.05, 4.69) is 21.2 Å².